The van der Waals surface area contributed by atoms with Crippen LogP contribution in [0, 0.1) is 5.92 Å². The molecule has 0 spiro atoms. The number of halogens is 3. The van der Waals surface area contributed by atoms with Crippen LogP contribution < -0.4 is 5.32 Å². The molecule has 1 aromatic rings. The molecule has 3 unspecified atom stereocenters. The van der Waals surface area contributed by atoms with Crippen molar-refractivity contribution in [2.75, 3.05) is 13.2 Å². The highest BCUT2D eigenvalue weighted by molar-refractivity contribution is 5.26. The van der Waals surface area contributed by atoms with E-state index in [-0.39, 0.29) is 12.1 Å². The van der Waals surface area contributed by atoms with Crippen molar-refractivity contribution in [3.8, 4) is 0 Å². The highest BCUT2D eigenvalue weighted by atomic mass is 19.4. The standard InChI is InChI=1S/C16H22F3NO/c1-3-20-14(15-11(2)7-8-21-15)10-12-5-4-6-13(9-12)16(17,18)19/h4-6,9,11,14-15,20H,3,7-8,10H2,1-2H3. The van der Waals surface area contributed by atoms with Crippen LogP contribution in [0.1, 0.15) is 31.4 Å². The molecule has 0 bridgehead atoms. The van der Waals surface area contributed by atoms with Crippen LogP contribution in [0.5, 0.6) is 0 Å². The Bertz CT molecular complexity index is 461. The van der Waals surface area contributed by atoms with Gasteiger partial charge in [-0.25, -0.2) is 0 Å². The van der Waals surface area contributed by atoms with Crippen molar-refractivity contribution in [3.05, 3.63) is 35.4 Å². The predicted octanol–water partition coefficient (Wildman–Crippen LogP) is 3.65. The number of ether oxygens (including phenoxy) is 1. The van der Waals surface area contributed by atoms with E-state index in [0.29, 0.717) is 17.9 Å². The van der Waals surface area contributed by atoms with Gasteiger partial charge in [-0.1, -0.05) is 32.0 Å². The van der Waals surface area contributed by atoms with E-state index in [2.05, 4.69) is 12.2 Å². The van der Waals surface area contributed by atoms with Crippen LogP contribution in [0.25, 0.3) is 0 Å². The smallest absolute Gasteiger partial charge is 0.376 e. The summed E-state index contributed by atoms with van der Waals surface area (Å²) in [6.45, 7) is 5.64. The molecule has 1 aromatic carbocycles. The first-order valence-electron chi connectivity index (χ1n) is 7.43. The fourth-order valence-corrected chi connectivity index (χ4v) is 2.93. The second kappa shape index (κ2) is 6.79. The fourth-order valence-electron chi connectivity index (χ4n) is 2.93. The Balaban J connectivity index is 2.13. The lowest BCUT2D eigenvalue weighted by atomic mass is 9.92. The summed E-state index contributed by atoms with van der Waals surface area (Å²) in [7, 11) is 0. The zero-order chi connectivity index (χ0) is 15.5. The van der Waals surface area contributed by atoms with Crippen LogP contribution in [-0.4, -0.2) is 25.3 Å². The molecule has 0 saturated carbocycles. The maximum atomic E-state index is 12.8. The van der Waals surface area contributed by atoms with Crippen molar-refractivity contribution in [3.63, 3.8) is 0 Å². The zero-order valence-corrected chi connectivity index (χ0v) is 12.4. The molecular formula is C16H22F3NO. The highest BCUT2D eigenvalue weighted by Gasteiger charge is 2.33. The van der Waals surface area contributed by atoms with Crippen molar-refractivity contribution < 1.29 is 17.9 Å². The van der Waals surface area contributed by atoms with Crippen LogP contribution in [0.4, 0.5) is 13.2 Å². The van der Waals surface area contributed by atoms with E-state index < -0.39 is 11.7 Å². The van der Waals surface area contributed by atoms with Gasteiger partial charge in [-0.3, -0.25) is 0 Å². The Labute approximate surface area is 123 Å². The summed E-state index contributed by atoms with van der Waals surface area (Å²) in [4.78, 5) is 0. The third-order valence-electron chi connectivity index (χ3n) is 4.02. The van der Waals surface area contributed by atoms with Gasteiger partial charge in [0.2, 0.25) is 0 Å². The molecule has 0 aromatic heterocycles. The number of likely N-dealkylation sites (N-methyl/N-ethyl adjacent to an activating group) is 1. The van der Waals surface area contributed by atoms with Gasteiger partial charge in [0.15, 0.2) is 0 Å². The summed E-state index contributed by atoms with van der Waals surface area (Å²) in [5.41, 5.74) is 0.106. The van der Waals surface area contributed by atoms with Crippen molar-refractivity contribution in [1.29, 1.82) is 0 Å². The molecule has 1 saturated heterocycles. The Kier molecular flexibility index (Phi) is 5.27. The maximum Gasteiger partial charge on any atom is 0.416 e. The van der Waals surface area contributed by atoms with E-state index in [1.54, 1.807) is 6.07 Å². The third kappa shape index (κ3) is 4.20. The van der Waals surface area contributed by atoms with Crippen LogP contribution in [0.3, 0.4) is 0 Å². The van der Waals surface area contributed by atoms with Crippen LogP contribution in [0.2, 0.25) is 0 Å². The maximum absolute atomic E-state index is 12.8. The quantitative estimate of drug-likeness (QED) is 0.896. The first-order valence-corrected chi connectivity index (χ1v) is 7.43. The molecule has 1 aliphatic heterocycles. The minimum absolute atomic E-state index is 0.0518. The summed E-state index contributed by atoms with van der Waals surface area (Å²) in [5, 5.41) is 3.36. The second-order valence-corrected chi connectivity index (χ2v) is 5.67. The average molecular weight is 301 g/mol. The summed E-state index contributed by atoms with van der Waals surface area (Å²) in [6.07, 6.45) is -2.66. The molecule has 3 atom stereocenters. The van der Waals surface area contributed by atoms with Gasteiger partial charge in [0.05, 0.1) is 11.7 Å². The first-order chi connectivity index (χ1) is 9.91. The van der Waals surface area contributed by atoms with Gasteiger partial charge in [0.25, 0.3) is 0 Å². The van der Waals surface area contributed by atoms with E-state index in [1.165, 1.54) is 12.1 Å². The Morgan fingerprint density at radius 2 is 2.14 bits per heavy atom. The summed E-state index contributed by atoms with van der Waals surface area (Å²) in [5.74, 6) is 0.430. The number of alkyl halides is 3. The van der Waals surface area contributed by atoms with E-state index in [0.717, 1.165) is 25.6 Å². The first kappa shape index (κ1) is 16.3. The van der Waals surface area contributed by atoms with Crippen molar-refractivity contribution in [1.82, 2.24) is 5.32 Å². The SMILES string of the molecule is CCNC(Cc1cccc(C(F)(F)F)c1)C1OCCC1C. The molecule has 1 N–H and O–H groups in total. The number of hydrogen-bond donors (Lipinski definition) is 1. The summed E-state index contributed by atoms with van der Waals surface area (Å²) >= 11 is 0. The molecule has 5 heteroatoms. The van der Waals surface area contributed by atoms with Crippen LogP contribution in [0.15, 0.2) is 24.3 Å². The van der Waals surface area contributed by atoms with Gasteiger partial charge < -0.3 is 10.1 Å². The van der Waals surface area contributed by atoms with E-state index in [1.807, 2.05) is 6.92 Å². The molecule has 1 heterocycles. The lowest BCUT2D eigenvalue weighted by Gasteiger charge is -2.27. The van der Waals surface area contributed by atoms with Crippen LogP contribution in [-0.2, 0) is 17.3 Å². The van der Waals surface area contributed by atoms with Crippen LogP contribution >= 0.6 is 0 Å². The molecule has 118 valence electrons. The largest absolute Gasteiger partial charge is 0.416 e. The molecular weight excluding hydrogens is 279 g/mol. The van der Waals surface area contributed by atoms with Gasteiger partial charge in [-0.2, -0.15) is 13.2 Å². The number of rotatable bonds is 5. The third-order valence-corrected chi connectivity index (χ3v) is 4.02. The Hall–Kier alpha value is -1.07. The van der Waals surface area contributed by atoms with E-state index in [4.69, 9.17) is 4.74 Å². The number of hydrogen-bond acceptors (Lipinski definition) is 2. The fraction of sp³-hybridized carbons (Fsp3) is 0.625. The lowest BCUT2D eigenvalue weighted by molar-refractivity contribution is -0.137. The van der Waals surface area contributed by atoms with Gasteiger partial charge in [-0.15, -0.1) is 0 Å². The monoisotopic (exact) mass is 301 g/mol. The van der Waals surface area contributed by atoms with Gasteiger partial charge in [0, 0.05) is 12.6 Å². The molecule has 1 fully saturated rings. The van der Waals surface area contributed by atoms with E-state index in [9.17, 15) is 13.2 Å². The lowest BCUT2D eigenvalue weighted by Crippen LogP contribution is -2.43. The molecule has 1 aliphatic rings. The topological polar surface area (TPSA) is 21.3 Å². The summed E-state index contributed by atoms with van der Waals surface area (Å²) in [6, 6.07) is 5.62. The zero-order valence-electron chi connectivity index (χ0n) is 12.4. The molecule has 2 rings (SSSR count). The van der Waals surface area contributed by atoms with Gasteiger partial charge >= 0.3 is 6.18 Å². The molecule has 0 amide bonds. The predicted molar refractivity (Wildman–Crippen MR) is 76.1 cm³/mol. The summed E-state index contributed by atoms with van der Waals surface area (Å²) < 4.78 is 44.1. The number of nitrogens with one attached hydrogen (secondary N) is 1. The molecule has 0 aliphatic carbocycles. The molecule has 21 heavy (non-hydrogen) atoms. The normalized spacial score (nSPS) is 24.2. The number of benzene rings is 1. The minimum Gasteiger partial charge on any atom is -0.376 e. The van der Waals surface area contributed by atoms with Crippen molar-refractivity contribution in [2.45, 2.75) is 45.0 Å². The Morgan fingerprint density at radius 1 is 1.38 bits per heavy atom. The van der Waals surface area contributed by atoms with Crippen molar-refractivity contribution >= 4 is 0 Å². The van der Waals surface area contributed by atoms with E-state index >= 15 is 0 Å². The highest BCUT2D eigenvalue weighted by Crippen LogP contribution is 2.30. The molecule has 2 nitrogen and oxygen atoms in total. The van der Waals surface area contributed by atoms with Crippen molar-refractivity contribution in [2.24, 2.45) is 5.92 Å². The second-order valence-electron chi connectivity index (χ2n) is 5.67. The molecule has 0 radical (unpaired) electrons. The average Bonchev–Trinajstić information content (AvgIpc) is 2.84. The minimum atomic E-state index is -4.29. The van der Waals surface area contributed by atoms with Gasteiger partial charge in [0.1, 0.15) is 0 Å². The van der Waals surface area contributed by atoms with Gasteiger partial charge in [-0.05, 0) is 36.9 Å². The Morgan fingerprint density at radius 3 is 2.71 bits per heavy atom.